The largest absolute Gasteiger partial charge is 0.396 e. The van der Waals surface area contributed by atoms with Crippen molar-refractivity contribution in [3.8, 4) is 0 Å². The van der Waals surface area contributed by atoms with Crippen molar-refractivity contribution < 1.29 is 10.2 Å². The summed E-state index contributed by atoms with van der Waals surface area (Å²) in [5.41, 5.74) is 0.791. The monoisotopic (exact) mass is 206 g/mol. The third kappa shape index (κ3) is 2.58. The van der Waals surface area contributed by atoms with Crippen LogP contribution in [0.25, 0.3) is 0 Å². The summed E-state index contributed by atoms with van der Waals surface area (Å²) in [6.07, 6.45) is 3.35. The topological polar surface area (TPSA) is 40.5 Å². The van der Waals surface area contributed by atoms with Crippen LogP contribution in [0.15, 0.2) is 30.3 Å². The van der Waals surface area contributed by atoms with E-state index < -0.39 is 5.60 Å². The van der Waals surface area contributed by atoms with E-state index in [4.69, 9.17) is 5.11 Å². The van der Waals surface area contributed by atoms with Crippen LogP contribution in [-0.4, -0.2) is 22.4 Å². The van der Waals surface area contributed by atoms with Crippen molar-refractivity contribution in [2.75, 3.05) is 6.61 Å². The molecule has 1 aliphatic rings. The summed E-state index contributed by atoms with van der Waals surface area (Å²) in [6.45, 7) is 0.193. The molecule has 0 radical (unpaired) electrons. The molecule has 2 nitrogen and oxygen atoms in total. The Hall–Kier alpha value is -0.860. The molecule has 82 valence electrons. The average Bonchev–Trinajstić information content (AvgIpc) is 2.90. The van der Waals surface area contributed by atoms with Gasteiger partial charge in [0.25, 0.3) is 0 Å². The third-order valence-corrected chi connectivity index (χ3v) is 3.37. The van der Waals surface area contributed by atoms with Gasteiger partial charge in [0.15, 0.2) is 0 Å². The van der Waals surface area contributed by atoms with Gasteiger partial charge in [0.05, 0.1) is 5.60 Å². The fourth-order valence-electron chi connectivity index (χ4n) is 2.21. The lowest BCUT2D eigenvalue weighted by atomic mass is 10.0. The lowest BCUT2D eigenvalue weighted by Crippen LogP contribution is -2.13. The van der Waals surface area contributed by atoms with Crippen LogP contribution in [0.2, 0.25) is 0 Å². The fourth-order valence-corrected chi connectivity index (χ4v) is 2.21. The highest BCUT2D eigenvalue weighted by atomic mass is 16.3. The van der Waals surface area contributed by atoms with E-state index in [9.17, 15) is 5.11 Å². The average molecular weight is 206 g/mol. The van der Waals surface area contributed by atoms with E-state index >= 15 is 0 Å². The molecule has 0 spiro atoms. The Morgan fingerprint density at radius 2 is 2.00 bits per heavy atom. The van der Waals surface area contributed by atoms with E-state index in [2.05, 4.69) is 12.1 Å². The standard InChI is InChI=1S/C13H18O2/c14-9-7-12-10-13(12,15)8-6-11-4-2-1-3-5-11/h1-5,12,14-15H,6-10H2/t12-,13-/m0/s1. The fraction of sp³-hybridized carbons (Fsp3) is 0.538. The van der Waals surface area contributed by atoms with Crippen molar-refractivity contribution in [2.45, 2.75) is 31.3 Å². The van der Waals surface area contributed by atoms with Crippen molar-refractivity contribution in [2.24, 2.45) is 5.92 Å². The Morgan fingerprint density at radius 3 is 2.67 bits per heavy atom. The number of aliphatic hydroxyl groups excluding tert-OH is 1. The summed E-state index contributed by atoms with van der Waals surface area (Å²) in [5.74, 6) is 0.325. The van der Waals surface area contributed by atoms with Gasteiger partial charge in [-0.25, -0.2) is 0 Å². The first-order valence-electron chi connectivity index (χ1n) is 5.62. The Morgan fingerprint density at radius 1 is 1.27 bits per heavy atom. The first kappa shape index (κ1) is 10.7. The number of hydrogen-bond donors (Lipinski definition) is 2. The van der Waals surface area contributed by atoms with Gasteiger partial charge >= 0.3 is 0 Å². The van der Waals surface area contributed by atoms with Crippen molar-refractivity contribution in [3.05, 3.63) is 35.9 Å². The van der Waals surface area contributed by atoms with Crippen LogP contribution >= 0.6 is 0 Å². The summed E-state index contributed by atoms with van der Waals surface area (Å²) in [4.78, 5) is 0. The Balaban J connectivity index is 1.80. The summed E-state index contributed by atoms with van der Waals surface area (Å²) in [5, 5.41) is 18.9. The molecule has 0 saturated heterocycles. The van der Waals surface area contributed by atoms with E-state index in [0.717, 1.165) is 25.7 Å². The molecule has 15 heavy (non-hydrogen) atoms. The van der Waals surface area contributed by atoms with Gasteiger partial charge in [-0.05, 0) is 37.2 Å². The molecule has 1 fully saturated rings. The van der Waals surface area contributed by atoms with Gasteiger partial charge in [-0.15, -0.1) is 0 Å². The van der Waals surface area contributed by atoms with Crippen molar-refractivity contribution in [3.63, 3.8) is 0 Å². The molecule has 0 unspecified atom stereocenters. The van der Waals surface area contributed by atoms with Crippen molar-refractivity contribution in [1.29, 1.82) is 0 Å². The quantitative estimate of drug-likeness (QED) is 0.770. The first-order valence-corrected chi connectivity index (χ1v) is 5.62. The highest BCUT2D eigenvalue weighted by molar-refractivity contribution is 5.16. The minimum atomic E-state index is -0.488. The van der Waals surface area contributed by atoms with Gasteiger partial charge in [-0.3, -0.25) is 0 Å². The molecule has 1 aliphatic carbocycles. The van der Waals surface area contributed by atoms with E-state index in [-0.39, 0.29) is 6.61 Å². The number of aryl methyl sites for hydroxylation is 1. The molecule has 2 heteroatoms. The van der Waals surface area contributed by atoms with Crippen LogP contribution in [0.3, 0.4) is 0 Å². The molecular weight excluding hydrogens is 188 g/mol. The van der Waals surface area contributed by atoms with Gasteiger partial charge < -0.3 is 10.2 Å². The minimum absolute atomic E-state index is 0.193. The SMILES string of the molecule is OCC[C@H]1C[C@@]1(O)CCc1ccccc1. The number of rotatable bonds is 5. The molecule has 1 aromatic carbocycles. The number of hydrogen-bond acceptors (Lipinski definition) is 2. The number of aliphatic hydroxyl groups is 2. The van der Waals surface area contributed by atoms with Crippen LogP contribution in [-0.2, 0) is 6.42 Å². The zero-order valence-corrected chi connectivity index (χ0v) is 8.89. The van der Waals surface area contributed by atoms with Gasteiger partial charge in [0.1, 0.15) is 0 Å². The summed E-state index contributed by atoms with van der Waals surface area (Å²) in [7, 11) is 0. The smallest absolute Gasteiger partial charge is 0.0684 e. The van der Waals surface area contributed by atoms with Crippen molar-refractivity contribution in [1.82, 2.24) is 0 Å². The maximum absolute atomic E-state index is 10.1. The molecule has 2 rings (SSSR count). The lowest BCUT2D eigenvalue weighted by Gasteiger charge is -2.09. The lowest BCUT2D eigenvalue weighted by molar-refractivity contribution is 0.114. The summed E-state index contributed by atoms with van der Waals surface area (Å²) < 4.78 is 0. The molecule has 0 aliphatic heterocycles. The number of benzene rings is 1. The summed E-state index contributed by atoms with van der Waals surface area (Å²) in [6, 6.07) is 10.2. The molecule has 2 atom stereocenters. The predicted molar refractivity (Wildman–Crippen MR) is 59.5 cm³/mol. The molecular formula is C13H18O2. The second-order valence-corrected chi connectivity index (χ2v) is 4.50. The van der Waals surface area contributed by atoms with Gasteiger partial charge in [-0.1, -0.05) is 30.3 Å². The van der Waals surface area contributed by atoms with Crippen LogP contribution < -0.4 is 0 Å². The molecule has 2 N–H and O–H groups in total. The second-order valence-electron chi connectivity index (χ2n) is 4.50. The van der Waals surface area contributed by atoms with Crippen LogP contribution in [0, 0.1) is 5.92 Å². The van der Waals surface area contributed by atoms with Crippen LogP contribution in [0.5, 0.6) is 0 Å². The third-order valence-electron chi connectivity index (χ3n) is 3.37. The maximum Gasteiger partial charge on any atom is 0.0684 e. The van der Waals surface area contributed by atoms with Crippen LogP contribution in [0.4, 0.5) is 0 Å². The molecule has 1 saturated carbocycles. The zero-order valence-electron chi connectivity index (χ0n) is 8.89. The predicted octanol–water partition coefficient (Wildman–Crippen LogP) is 1.75. The Labute approximate surface area is 90.6 Å². The molecule has 0 bridgehead atoms. The maximum atomic E-state index is 10.1. The van der Waals surface area contributed by atoms with E-state index in [1.165, 1.54) is 5.56 Å². The Bertz CT molecular complexity index is 310. The molecule has 0 heterocycles. The zero-order chi connectivity index (χ0) is 10.7. The van der Waals surface area contributed by atoms with Crippen molar-refractivity contribution >= 4 is 0 Å². The highest BCUT2D eigenvalue weighted by Crippen LogP contribution is 2.48. The van der Waals surface area contributed by atoms with Gasteiger partial charge in [0.2, 0.25) is 0 Å². The van der Waals surface area contributed by atoms with E-state index in [1.807, 2.05) is 18.2 Å². The van der Waals surface area contributed by atoms with Gasteiger partial charge in [0, 0.05) is 6.61 Å². The Kier molecular flexibility index (Phi) is 3.08. The normalized spacial score (nSPS) is 29.1. The van der Waals surface area contributed by atoms with Crippen LogP contribution in [0.1, 0.15) is 24.8 Å². The minimum Gasteiger partial charge on any atom is -0.396 e. The summed E-state index contributed by atoms with van der Waals surface area (Å²) >= 11 is 0. The van der Waals surface area contributed by atoms with E-state index in [1.54, 1.807) is 0 Å². The molecule has 0 aromatic heterocycles. The second kappa shape index (κ2) is 4.33. The highest BCUT2D eigenvalue weighted by Gasteiger charge is 2.51. The molecule has 0 amide bonds. The first-order chi connectivity index (χ1) is 7.24. The molecule has 1 aromatic rings. The van der Waals surface area contributed by atoms with E-state index in [0.29, 0.717) is 5.92 Å². The van der Waals surface area contributed by atoms with Gasteiger partial charge in [-0.2, -0.15) is 0 Å².